The van der Waals surface area contributed by atoms with Crippen molar-refractivity contribution in [3.05, 3.63) is 60.2 Å². The Labute approximate surface area is 136 Å². The maximum Gasteiger partial charge on any atom is 0.239 e. The zero-order valence-corrected chi connectivity index (χ0v) is 13.3. The third kappa shape index (κ3) is 3.78. The topological polar surface area (TPSA) is 52.6 Å². The van der Waals surface area contributed by atoms with Crippen LogP contribution in [0.15, 0.2) is 54.6 Å². The van der Waals surface area contributed by atoms with Crippen LogP contribution in [0.5, 0.6) is 0 Å². The van der Waals surface area contributed by atoms with Crippen molar-refractivity contribution in [1.29, 1.82) is 0 Å². The normalized spacial score (nSPS) is 20.4. The molecule has 3 rings (SSSR count). The molecule has 120 valence electrons. The van der Waals surface area contributed by atoms with Crippen LogP contribution in [0.25, 0.3) is 11.1 Å². The zero-order chi connectivity index (χ0) is 16.2. The van der Waals surface area contributed by atoms with E-state index in [1.165, 1.54) is 11.1 Å². The highest BCUT2D eigenvalue weighted by Crippen LogP contribution is 2.20. The van der Waals surface area contributed by atoms with Gasteiger partial charge in [0.05, 0.1) is 12.1 Å². The van der Waals surface area contributed by atoms with E-state index >= 15 is 0 Å². The van der Waals surface area contributed by atoms with E-state index in [0.29, 0.717) is 19.5 Å². The second-order valence-electron chi connectivity index (χ2n) is 6.11. The average Bonchev–Trinajstić information content (AvgIpc) is 3.02. The molecule has 0 saturated carbocycles. The van der Waals surface area contributed by atoms with E-state index in [4.69, 9.17) is 0 Å². The number of nitrogens with one attached hydrogen (secondary N) is 1. The molecule has 23 heavy (non-hydrogen) atoms. The number of rotatable bonds is 4. The summed E-state index contributed by atoms with van der Waals surface area (Å²) in [4.78, 5) is 14.1. The van der Waals surface area contributed by atoms with Gasteiger partial charge in [0.25, 0.3) is 0 Å². The summed E-state index contributed by atoms with van der Waals surface area (Å²) in [5, 5.41) is 12.6. The predicted octanol–water partition coefficient (Wildman–Crippen LogP) is 2.03. The summed E-state index contributed by atoms with van der Waals surface area (Å²) in [5.41, 5.74) is 3.45. The molecule has 0 aliphatic carbocycles. The van der Waals surface area contributed by atoms with Crippen LogP contribution in [-0.4, -0.2) is 41.7 Å². The number of hydrogen-bond acceptors (Lipinski definition) is 3. The van der Waals surface area contributed by atoms with E-state index in [-0.39, 0.29) is 11.9 Å². The number of aliphatic hydroxyl groups excluding tert-OH is 1. The lowest BCUT2D eigenvalue weighted by Crippen LogP contribution is -2.41. The standard InChI is InChI=1S/C19H22N2O2/c1-21(19(23)18-11-17(22)12-20-18)13-14-7-9-16(10-8-14)15-5-3-2-4-6-15/h2-10,17-18,20,22H,11-13H2,1H3. The predicted molar refractivity (Wildman–Crippen MR) is 90.8 cm³/mol. The average molecular weight is 310 g/mol. The minimum Gasteiger partial charge on any atom is -0.392 e. The zero-order valence-electron chi connectivity index (χ0n) is 13.3. The van der Waals surface area contributed by atoms with Crippen LogP contribution in [0.3, 0.4) is 0 Å². The van der Waals surface area contributed by atoms with Gasteiger partial charge in [0, 0.05) is 20.1 Å². The number of β-amino-alcohol motifs (C(OH)–C–C–N with tert-alkyl or cyclic N) is 1. The summed E-state index contributed by atoms with van der Waals surface area (Å²) < 4.78 is 0. The first-order valence-corrected chi connectivity index (χ1v) is 7.94. The van der Waals surface area contributed by atoms with Crippen molar-refractivity contribution >= 4 is 5.91 Å². The molecular formula is C19H22N2O2. The fourth-order valence-corrected chi connectivity index (χ4v) is 2.96. The summed E-state index contributed by atoms with van der Waals surface area (Å²) in [6, 6.07) is 18.2. The van der Waals surface area contributed by atoms with Gasteiger partial charge in [0.2, 0.25) is 5.91 Å². The van der Waals surface area contributed by atoms with Crippen LogP contribution >= 0.6 is 0 Å². The molecule has 4 nitrogen and oxygen atoms in total. The summed E-state index contributed by atoms with van der Waals surface area (Å²) in [6.45, 7) is 1.07. The second kappa shape index (κ2) is 6.94. The van der Waals surface area contributed by atoms with Crippen molar-refractivity contribution in [1.82, 2.24) is 10.2 Å². The van der Waals surface area contributed by atoms with Crippen molar-refractivity contribution in [2.24, 2.45) is 0 Å². The van der Waals surface area contributed by atoms with Gasteiger partial charge in [0.15, 0.2) is 0 Å². The van der Waals surface area contributed by atoms with Crippen LogP contribution in [0.2, 0.25) is 0 Å². The molecule has 1 heterocycles. The first-order valence-electron chi connectivity index (χ1n) is 7.94. The van der Waals surface area contributed by atoms with E-state index < -0.39 is 6.10 Å². The Balaban J connectivity index is 1.63. The number of aliphatic hydroxyl groups is 1. The number of nitrogens with zero attached hydrogens (tertiary/aromatic N) is 1. The molecule has 0 radical (unpaired) electrons. The Morgan fingerprint density at radius 1 is 1.13 bits per heavy atom. The summed E-state index contributed by atoms with van der Waals surface area (Å²) in [6.07, 6.45) is 0.0818. The monoisotopic (exact) mass is 310 g/mol. The lowest BCUT2D eigenvalue weighted by Gasteiger charge is -2.21. The van der Waals surface area contributed by atoms with Gasteiger partial charge in [-0.1, -0.05) is 54.6 Å². The first-order chi connectivity index (χ1) is 11.1. The van der Waals surface area contributed by atoms with Crippen LogP contribution in [0, 0.1) is 0 Å². The Kier molecular flexibility index (Phi) is 4.74. The summed E-state index contributed by atoms with van der Waals surface area (Å²) in [5.74, 6) is 0.0358. The Bertz CT molecular complexity index is 655. The minimum absolute atomic E-state index is 0.0358. The second-order valence-corrected chi connectivity index (χ2v) is 6.11. The minimum atomic E-state index is -0.414. The summed E-state index contributed by atoms with van der Waals surface area (Å²) >= 11 is 0. The maximum absolute atomic E-state index is 12.3. The van der Waals surface area contributed by atoms with E-state index in [9.17, 15) is 9.90 Å². The molecule has 1 fully saturated rings. The largest absolute Gasteiger partial charge is 0.392 e. The third-order valence-corrected chi connectivity index (χ3v) is 4.26. The molecular weight excluding hydrogens is 288 g/mol. The number of likely N-dealkylation sites (N-methyl/N-ethyl adjacent to an activating group) is 1. The lowest BCUT2D eigenvalue weighted by molar-refractivity contribution is -0.132. The van der Waals surface area contributed by atoms with E-state index in [0.717, 1.165) is 5.56 Å². The number of amides is 1. The molecule has 4 heteroatoms. The van der Waals surface area contributed by atoms with Gasteiger partial charge in [0.1, 0.15) is 0 Å². The molecule has 0 aromatic heterocycles. The maximum atomic E-state index is 12.3. The number of benzene rings is 2. The van der Waals surface area contributed by atoms with Crippen molar-refractivity contribution < 1.29 is 9.90 Å². The number of carbonyl (C=O) groups excluding carboxylic acids is 1. The van der Waals surface area contributed by atoms with E-state index in [1.54, 1.807) is 11.9 Å². The van der Waals surface area contributed by atoms with Gasteiger partial charge < -0.3 is 15.3 Å². The molecule has 0 bridgehead atoms. The molecule has 2 aromatic carbocycles. The molecule has 0 spiro atoms. The van der Waals surface area contributed by atoms with Crippen LogP contribution in [0.4, 0.5) is 0 Å². The SMILES string of the molecule is CN(Cc1ccc(-c2ccccc2)cc1)C(=O)C1CC(O)CN1. The first kappa shape index (κ1) is 15.7. The van der Waals surface area contributed by atoms with Crippen LogP contribution in [-0.2, 0) is 11.3 Å². The molecule has 2 N–H and O–H groups in total. The Hall–Kier alpha value is -2.17. The molecule has 1 saturated heterocycles. The molecule has 1 amide bonds. The molecule has 2 aromatic rings. The highest BCUT2D eigenvalue weighted by atomic mass is 16.3. The molecule has 2 atom stereocenters. The lowest BCUT2D eigenvalue weighted by atomic mass is 10.0. The third-order valence-electron chi connectivity index (χ3n) is 4.26. The fraction of sp³-hybridized carbons (Fsp3) is 0.316. The van der Waals surface area contributed by atoms with Crippen LogP contribution < -0.4 is 5.32 Å². The van der Waals surface area contributed by atoms with Crippen molar-refractivity contribution in [2.45, 2.75) is 25.1 Å². The highest BCUT2D eigenvalue weighted by molar-refractivity contribution is 5.82. The number of carbonyl (C=O) groups is 1. The van der Waals surface area contributed by atoms with Gasteiger partial charge in [-0.2, -0.15) is 0 Å². The highest BCUT2D eigenvalue weighted by Gasteiger charge is 2.29. The number of hydrogen-bond donors (Lipinski definition) is 2. The summed E-state index contributed by atoms with van der Waals surface area (Å²) in [7, 11) is 1.81. The van der Waals surface area contributed by atoms with Crippen molar-refractivity contribution in [2.75, 3.05) is 13.6 Å². The molecule has 1 aliphatic rings. The Morgan fingerprint density at radius 3 is 2.39 bits per heavy atom. The van der Waals surface area contributed by atoms with Gasteiger partial charge in [-0.3, -0.25) is 4.79 Å². The van der Waals surface area contributed by atoms with E-state index in [2.05, 4.69) is 41.7 Å². The van der Waals surface area contributed by atoms with Gasteiger partial charge in [-0.25, -0.2) is 0 Å². The molecule has 1 aliphatic heterocycles. The van der Waals surface area contributed by atoms with Gasteiger partial charge in [-0.05, 0) is 23.1 Å². The quantitative estimate of drug-likeness (QED) is 0.908. The van der Waals surface area contributed by atoms with Crippen LogP contribution in [0.1, 0.15) is 12.0 Å². The molecule has 2 unspecified atom stereocenters. The smallest absolute Gasteiger partial charge is 0.239 e. The Morgan fingerprint density at radius 2 is 1.78 bits per heavy atom. The van der Waals surface area contributed by atoms with Crippen molar-refractivity contribution in [3.63, 3.8) is 0 Å². The fourth-order valence-electron chi connectivity index (χ4n) is 2.96. The van der Waals surface area contributed by atoms with Gasteiger partial charge in [-0.15, -0.1) is 0 Å². The van der Waals surface area contributed by atoms with E-state index in [1.807, 2.05) is 18.2 Å². The van der Waals surface area contributed by atoms with Gasteiger partial charge >= 0.3 is 0 Å². The van der Waals surface area contributed by atoms with Crippen molar-refractivity contribution in [3.8, 4) is 11.1 Å².